The van der Waals surface area contributed by atoms with E-state index in [1.807, 2.05) is 72.9 Å². The highest BCUT2D eigenvalue weighted by atomic mass is 16.6. The Balaban J connectivity index is 1.27. The second-order valence-corrected chi connectivity index (χ2v) is 8.47. The predicted octanol–water partition coefficient (Wildman–Crippen LogP) is 5.16. The molecule has 1 fully saturated rings. The molecule has 1 atom stereocenters. The first kappa shape index (κ1) is 21.6. The van der Waals surface area contributed by atoms with Crippen molar-refractivity contribution < 1.29 is 14.3 Å². The maximum atomic E-state index is 13.1. The number of carbonyl (C=O) groups excluding carboxylic acids is 2. The third-order valence-electron chi connectivity index (χ3n) is 6.15. The Kier molecular flexibility index (Phi) is 5.91. The van der Waals surface area contributed by atoms with Crippen LogP contribution in [0.25, 0.3) is 22.0 Å². The highest BCUT2D eigenvalue weighted by molar-refractivity contribution is 5.98. The number of nitrogens with two attached hydrogens (primary N) is 1. The summed E-state index contributed by atoms with van der Waals surface area (Å²) in [4.78, 5) is 30.4. The van der Waals surface area contributed by atoms with Crippen LogP contribution in [0.3, 0.4) is 0 Å². The molecule has 1 aliphatic rings. The van der Waals surface area contributed by atoms with E-state index in [2.05, 4.69) is 16.4 Å². The Hall–Kier alpha value is -4.26. The third-order valence-corrected chi connectivity index (χ3v) is 6.15. The summed E-state index contributed by atoms with van der Waals surface area (Å²) in [6.45, 7) is 0.683. The average Bonchev–Trinajstić information content (AvgIpc) is 3.53. The zero-order valence-electron chi connectivity index (χ0n) is 18.7. The minimum Gasteiger partial charge on any atom is -0.445 e. The van der Waals surface area contributed by atoms with E-state index in [-0.39, 0.29) is 12.5 Å². The number of rotatable bonds is 5. The number of amides is 2. The van der Waals surface area contributed by atoms with Crippen LogP contribution in [0.15, 0.2) is 79.0 Å². The number of aromatic amines is 1. The van der Waals surface area contributed by atoms with E-state index in [1.165, 1.54) is 4.90 Å². The van der Waals surface area contributed by atoms with Crippen molar-refractivity contribution in [2.45, 2.75) is 25.5 Å². The zero-order valence-corrected chi connectivity index (χ0v) is 18.7. The number of hydrogen-bond acceptors (Lipinski definition) is 4. The SMILES string of the molecule is Nc1cc(-c2cccc(NC(=O)C3CCCN3C(=O)OCc3ccccc3)c2)cc2cc[nH]c12. The first-order chi connectivity index (χ1) is 16.6. The second-order valence-electron chi connectivity index (χ2n) is 8.47. The number of anilines is 2. The number of aromatic nitrogens is 1. The van der Waals surface area contributed by atoms with Gasteiger partial charge in [-0.15, -0.1) is 0 Å². The van der Waals surface area contributed by atoms with Crippen LogP contribution >= 0.6 is 0 Å². The lowest BCUT2D eigenvalue weighted by molar-refractivity contribution is -0.120. The number of likely N-dealkylation sites (tertiary alicyclic amines) is 1. The molecule has 1 unspecified atom stereocenters. The summed E-state index contributed by atoms with van der Waals surface area (Å²) < 4.78 is 5.45. The maximum Gasteiger partial charge on any atom is 0.410 e. The molecule has 0 bridgehead atoms. The Bertz CT molecular complexity index is 1330. The highest BCUT2D eigenvalue weighted by Gasteiger charge is 2.35. The molecular weight excluding hydrogens is 428 g/mol. The van der Waals surface area contributed by atoms with Gasteiger partial charge in [0, 0.05) is 23.8 Å². The zero-order chi connectivity index (χ0) is 23.5. The van der Waals surface area contributed by atoms with Crippen molar-refractivity contribution in [2.75, 3.05) is 17.6 Å². The molecule has 1 aliphatic heterocycles. The quantitative estimate of drug-likeness (QED) is 0.363. The molecule has 4 N–H and O–H groups in total. The topological polar surface area (TPSA) is 100 Å². The van der Waals surface area contributed by atoms with Gasteiger partial charge in [-0.3, -0.25) is 9.69 Å². The number of nitrogen functional groups attached to an aromatic ring is 1. The van der Waals surface area contributed by atoms with Gasteiger partial charge >= 0.3 is 6.09 Å². The molecule has 1 aromatic heterocycles. The smallest absolute Gasteiger partial charge is 0.410 e. The minimum absolute atomic E-state index is 0.182. The lowest BCUT2D eigenvalue weighted by Gasteiger charge is -2.23. The molecule has 0 radical (unpaired) electrons. The number of ether oxygens (including phenoxy) is 1. The molecule has 7 nitrogen and oxygen atoms in total. The van der Waals surface area contributed by atoms with Crippen LogP contribution in [0, 0.1) is 0 Å². The normalized spacial score (nSPS) is 15.4. The molecule has 0 spiro atoms. The van der Waals surface area contributed by atoms with E-state index in [0.717, 1.165) is 34.0 Å². The molecule has 2 heterocycles. The van der Waals surface area contributed by atoms with Gasteiger partial charge < -0.3 is 20.8 Å². The molecule has 0 aliphatic carbocycles. The van der Waals surface area contributed by atoms with Crippen molar-refractivity contribution in [3.05, 3.63) is 84.6 Å². The van der Waals surface area contributed by atoms with Crippen LogP contribution in [0.5, 0.6) is 0 Å². The van der Waals surface area contributed by atoms with Gasteiger partial charge in [-0.2, -0.15) is 0 Å². The van der Waals surface area contributed by atoms with Crippen LogP contribution in [0.4, 0.5) is 16.2 Å². The first-order valence-electron chi connectivity index (χ1n) is 11.3. The summed E-state index contributed by atoms with van der Waals surface area (Å²) in [6, 6.07) is 22.5. The molecule has 2 amide bonds. The lowest BCUT2D eigenvalue weighted by atomic mass is 10.0. The second kappa shape index (κ2) is 9.31. The fourth-order valence-corrected chi connectivity index (χ4v) is 4.43. The Morgan fingerprint density at radius 2 is 1.88 bits per heavy atom. The number of hydrogen-bond donors (Lipinski definition) is 3. The summed E-state index contributed by atoms with van der Waals surface area (Å²) >= 11 is 0. The van der Waals surface area contributed by atoms with E-state index >= 15 is 0 Å². The summed E-state index contributed by atoms with van der Waals surface area (Å²) in [5, 5.41) is 4.00. The molecule has 0 saturated carbocycles. The minimum atomic E-state index is -0.557. The average molecular weight is 455 g/mol. The van der Waals surface area contributed by atoms with Crippen molar-refractivity contribution in [3.8, 4) is 11.1 Å². The summed E-state index contributed by atoms with van der Waals surface area (Å²) in [7, 11) is 0. The van der Waals surface area contributed by atoms with E-state index in [1.54, 1.807) is 0 Å². The van der Waals surface area contributed by atoms with E-state index in [0.29, 0.717) is 24.3 Å². The first-order valence-corrected chi connectivity index (χ1v) is 11.3. The predicted molar refractivity (Wildman–Crippen MR) is 133 cm³/mol. The van der Waals surface area contributed by atoms with Crippen molar-refractivity contribution >= 4 is 34.3 Å². The summed E-state index contributed by atoms with van der Waals surface area (Å²) in [6.07, 6.45) is 2.76. The van der Waals surface area contributed by atoms with Crippen molar-refractivity contribution in [1.82, 2.24) is 9.88 Å². The van der Waals surface area contributed by atoms with Crippen LogP contribution in [0.2, 0.25) is 0 Å². The highest BCUT2D eigenvalue weighted by Crippen LogP contribution is 2.30. The fourth-order valence-electron chi connectivity index (χ4n) is 4.43. The van der Waals surface area contributed by atoms with Crippen LogP contribution in [-0.4, -0.2) is 34.5 Å². The number of nitrogens with one attached hydrogen (secondary N) is 2. The Morgan fingerprint density at radius 3 is 2.74 bits per heavy atom. The molecule has 1 saturated heterocycles. The van der Waals surface area contributed by atoms with Gasteiger partial charge in [-0.25, -0.2) is 4.79 Å². The van der Waals surface area contributed by atoms with Gasteiger partial charge in [0.15, 0.2) is 0 Å². The van der Waals surface area contributed by atoms with Gasteiger partial charge in [0.2, 0.25) is 5.91 Å². The van der Waals surface area contributed by atoms with E-state index in [4.69, 9.17) is 10.5 Å². The number of fused-ring (bicyclic) bond motifs is 1. The van der Waals surface area contributed by atoms with Gasteiger partial charge in [-0.05, 0) is 59.9 Å². The fraction of sp³-hybridized carbons (Fsp3) is 0.185. The number of benzene rings is 3. The molecule has 3 aromatic carbocycles. The van der Waals surface area contributed by atoms with Crippen molar-refractivity contribution in [2.24, 2.45) is 0 Å². The van der Waals surface area contributed by atoms with Gasteiger partial charge in [0.05, 0.1) is 11.2 Å². The van der Waals surface area contributed by atoms with Crippen molar-refractivity contribution in [1.29, 1.82) is 0 Å². The molecular formula is C27H26N4O3. The third kappa shape index (κ3) is 4.45. The van der Waals surface area contributed by atoms with E-state index < -0.39 is 12.1 Å². The molecule has 172 valence electrons. The molecule has 4 aromatic rings. The standard InChI is InChI=1S/C27H26N4O3/c28-23-16-21(14-20-11-12-29-25(20)23)19-8-4-9-22(15-19)30-26(32)24-10-5-13-31(24)27(33)34-17-18-6-2-1-3-7-18/h1-4,6-9,11-12,14-16,24,29H,5,10,13,17,28H2,(H,30,32). The van der Waals surface area contributed by atoms with Crippen LogP contribution in [-0.2, 0) is 16.1 Å². The number of nitrogens with zero attached hydrogens (tertiary/aromatic N) is 1. The summed E-state index contributed by atoms with van der Waals surface area (Å²) in [5.41, 5.74) is 11.3. The van der Waals surface area contributed by atoms with Crippen molar-refractivity contribution in [3.63, 3.8) is 0 Å². The number of H-pyrrole nitrogens is 1. The van der Waals surface area contributed by atoms with Crippen LogP contribution in [0.1, 0.15) is 18.4 Å². The Morgan fingerprint density at radius 1 is 1.03 bits per heavy atom. The monoisotopic (exact) mass is 454 g/mol. The van der Waals surface area contributed by atoms with E-state index in [9.17, 15) is 9.59 Å². The number of carbonyl (C=O) groups is 2. The Labute approximate surface area is 197 Å². The van der Waals surface area contributed by atoms with Gasteiger partial charge in [-0.1, -0.05) is 42.5 Å². The summed E-state index contributed by atoms with van der Waals surface area (Å²) in [5.74, 6) is -0.216. The van der Waals surface area contributed by atoms with Gasteiger partial charge in [0.25, 0.3) is 0 Å². The van der Waals surface area contributed by atoms with Crippen LogP contribution < -0.4 is 11.1 Å². The molecule has 34 heavy (non-hydrogen) atoms. The maximum absolute atomic E-state index is 13.1. The molecule has 5 rings (SSSR count). The van der Waals surface area contributed by atoms with Gasteiger partial charge in [0.1, 0.15) is 12.6 Å². The largest absolute Gasteiger partial charge is 0.445 e. The lowest BCUT2D eigenvalue weighted by Crippen LogP contribution is -2.43. The molecule has 7 heteroatoms.